The summed E-state index contributed by atoms with van der Waals surface area (Å²) in [5, 5.41) is 0. The molecule has 3 atom stereocenters. The van der Waals surface area contributed by atoms with Gasteiger partial charge in [0.2, 0.25) is 0 Å². The SMILES string of the molecule is C[C@H](OC(=O)[C@@H](N)Cc1ccc(OC(=O)C(C)(C)C)c(OC(=O)C(C)(C)C)c1)[C@@H](C)OC(=O)c1ccccc1. The highest BCUT2D eigenvalue weighted by molar-refractivity contribution is 5.89. The van der Waals surface area contributed by atoms with E-state index in [1.165, 1.54) is 12.1 Å². The van der Waals surface area contributed by atoms with Crippen molar-refractivity contribution in [2.24, 2.45) is 16.6 Å². The summed E-state index contributed by atoms with van der Waals surface area (Å²) in [6.07, 6.45) is -1.41. The van der Waals surface area contributed by atoms with Crippen molar-refractivity contribution in [3.05, 3.63) is 59.7 Å². The van der Waals surface area contributed by atoms with Crippen molar-refractivity contribution in [1.29, 1.82) is 0 Å². The number of hydrogen-bond donors (Lipinski definition) is 1. The average molecular weight is 542 g/mol. The van der Waals surface area contributed by atoms with Crippen molar-refractivity contribution in [1.82, 2.24) is 0 Å². The maximum atomic E-state index is 12.7. The number of ether oxygens (including phenoxy) is 4. The molecule has 0 aliphatic carbocycles. The van der Waals surface area contributed by atoms with E-state index in [9.17, 15) is 19.2 Å². The van der Waals surface area contributed by atoms with Crippen molar-refractivity contribution >= 4 is 23.9 Å². The Bertz CT molecular complexity index is 1180. The van der Waals surface area contributed by atoms with E-state index in [-0.39, 0.29) is 17.9 Å². The second-order valence-electron chi connectivity index (χ2n) is 11.5. The van der Waals surface area contributed by atoms with Crippen LogP contribution in [0.1, 0.15) is 71.3 Å². The summed E-state index contributed by atoms with van der Waals surface area (Å²) < 4.78 is 21.9. The van der Waals surface area contributed by atoms with E-state index in [1.54, 1.807) is 91.8 Å². The third-order valence-electron chi connectivity index (χ3n) is 5.66. The average Bonchev–Trinajstić information content (AvgIpc) is 2.84. The van der Waals surface area contributed by atoms with Crippen LogP contribution in [0.25, 0.3) is 0 Å². The number of benzene rings is 2. The fourth-order valence-corrected chi connectivity index (χ4v) is 2.96. The van der Waals surface area contributed by atoms with Crippen molar-refractivity contribution in [3.8, 4) is 11.5 Å². The zero-order valence-corrected chi connectivity index (χ0v) is 23.9. The van der Waals surface area contributed by atoms with Gasteiger partial charge in [0.15, 0.2) is 11.5 Å². The molecule has 0 spiro atoms. The third kappa shape index (κ3) is 9.51. The minimum absolute atomic E-state index is 0.0420. The molecular formula is C30H39NO8. The molecule has 39 heavy (non-hydrogen) atoms. The van der Waals surface area contributed by atoms with Gasteiger partial charge in [-0.3, -0.25) is 14.4 Å². The number of nitrogens with two attached hydrogens (primary N) is 1. The van der Waals surface area contributed by atoms with Crippen LogP contribution in [0.5, 0.6) is 11.5 Å². The van der Waals surface area contributed by atoms with Gasteiger partial charge in [0.1, 0.15) is 18.2 Å². The van der Waals surface area contributed by atoms with E-state index < -0.39 is 53.0 Å². The summed E-state index contributed by atoms with van der Waals surface area (Å²) >= 11 is 0. The van der Waals surface area contributed by atoms with Gasteiger partial charge in [0.05, 0.1) is 16.4 Å². The number of esters is 4. The van der Waals surface area contributed by atoms with Gasteiger partial charge < -0.3 is 24.7 Å². The van der Waals surface area contributed by atoms with E-state index in [2.05, 4.69) is 0 Å². The van der Waals surface area contributed by atoms with Gasteiger partial charge in [0.25, 0.3) is 0 Å². The molecule has 0 saturated carbocycles. The molecule has 0 saturated heterocycles. The van der Waals surface area contributed by atoms with Gasteiger partial charge in [-0.1, -0.05) is 24.3 Å². The van der Waals surface area contributed by atoms with Gasteiger partial charge >= 0.3 is 23.9 Å². The molecule has 2 N–H and O–H groups in total. The van der Waals surface area contributed by atoms with Crippen LogP contribution in [0, 0.1) is 10.8 Å². The molecule has 2 aromatic carbocycles. The number of rotatable bonds is 9. The molecule has 0 bridgehead atoms. The Morgan fingerprint density at radius 1 is 0.744 bits per heavy atom. The van der Waals surface area contributed by atoms with Crippen LogP contribution in [0.3, 0.4) is 0 Å². The van der Waals surface area contributed by atoms with Gasteiger partial charge in [0, 0.05) is 0 Å². The Hall–Kier alpha value is -3.72. The van der Waals surface area contributed by atoms with Crippen LogP contribution < -0.4 is 15.2 Å². The number of hydrogen-bond acceptors (Lipinski definition) is 9. The summed E-state index contributed by atoms with van der Waals surface area (Å²) in [5.74, 6) is -2.12. The van der Waals surface area contributed by atoms with Gasteiger partial charge in [-0.2, -0.15) is 0 Å². The van der Waals surface area contributed by atoms with Crippen LogP contribution in [0.15, 0.2) is 48.5 Å². The summed E-state index contributed by atoms with van der Waals surface area (Å²) in [6.45, 7) is 13.5. The highest BCUT2D eigenvalue weighted by atomic mass is 16.6. The first-order valence-electron chi connectivity index (χ1n) is 12.8. The summed E-state index contributed by atoms with van der Waals surface area (Å²) in [5.41, 5.74) is 5.47. The van der Waals surface area contributed by atoms with Crippen LogP contribution in [0.2, 0.25) is 0 Å². The van der Waals surface area contributed by atoms with Gasteiger partial charge in [-0.05, 0) is 91.6 Å². The lowest BCUT2D eigenvalue weighted by Gasteiger charge is -2.23. The standard InChI is InChI=1S/C30H39NO8/c1-18(36-25(32)21-12-10-9-11-13-21)19(2)37-26(33)22(31)16-20-14-15-23(38-27(34)29(3,4)5)24(17-20)39-28(35)30(6,7)8/h9-15,17-19,22H,16,31H2,1-8H3/t18-,19+,22+/m1/s1. The quantitative estimate of drug-likeness (QED) is 0.356. The fourth-order valence-electron chi connectivity index (χ4n) is 2.96. The molecule has 2 aromatic rings. The van der Waals surface area contributed by atoms with Crippen molar-refractivity contribution in [2.45, 2.75) is 80.1 Å². The predicted octanol–water partition coefficient (Wildman–Crippen LogP) is 4.64. The zero-order valence-electron chi connectivity index (χ0n) is 23.9. The third-order valence-corrected chi connectivity index (χ3v) is 5.66. The Labute approximate surface area is 229 Å². The van der Waals surface area contributed by atoms with E-state index >= 15 is 0 Å². The predicted molar refractivity (Wildman–Crippen MR) is 145 cm³/mol. The van der Waals surface area contributed by atoms with Crippen LogP contribution in [-0.4, -0.2) is 42.1 Å². The van der Waals surface area contributed by atoms with E-state index in [1.807, 2.05) is 0 Å². The molecule has 0 unspecified atom stereocenters. The Balaban J connectivity index is 2.11. The van der Waals surface area contributed by atoms with Gasteiger partial charge in [-0.25, -0.2) is 4.79 Å². The molecule has 0 heterocycles. The molecule has 0 aliphatic heterocycles. The molecule has 0 aromatic heterocycles. The van der Waals surface area contributed by atoms with Crippen LogP contribution >= 0.6 is 0 Å². The first-order valence-corrected chi connectivity index (χ1v) is 12.8. The van der Waals surface area contributed by atoms with Crippen molar-refractivity contribution in [2.75, 3.05) is 0 Å². The zero-order chi connectivity index (χ0) is 29.5. The summed E-state index contributed by atoms with van der Waals surface area (Å²) in [4.78, 5) is 50.0. The van der Waals surface area contributed by atoms with Crippen LogP contribution in [0.4, 0.5) is 0 Å². The van der Waals surface area contributed by atoms with E-state index in [0.29, 0.717) is 11.1 Å². The largest absolute Gasteiger partial charge is 0.458 e. The summed E-state index contributed by atoms with van der Waals surface area (Å²) in [7, 11) is 0. The molecular weight excluding hydrogens is 502 g/mol. The number of carbonyl (C=O) groups excluding carboxylic acids is 4. The lowest BCUT2D eigenvalue weighted by Crippen LogP contribution is -2.39. The second-order valence-corrected chi connectivity index (χ2v) is 11.5. The lowest BCUT2D eigenvalue weighted by atomic mass is 9.97. The Morgan fingerprint density at radius 2 is 1.26 bits per heavy atom. The first-order chi connectivity index (χ1) is 18.0. The van der Waals surface area contributed by atoms with E-state index in [0.717, 1.165) is 0 Å². The van der Waals surface area contributed by atoms with Crippen molar-refractivity contribution < 1.29 is 38.1 Å². The molecule has 9 heteroatoms. The Morgan fingerprint density at radius 3 is 1.79 bits per heavy atom. The van der Waals surface area contributed by atoms with Crippen LogP contribution in [-0.2, 0) is 30.3 Å². The minimum atomic E-state index is -1.06. The second kappa shape index (κ2) is 12.9. The first kappa shape index (κ1) is 31.5. The highest BCUT2D eigenvalue weighted by Gasteiger charge is 2.29. The van der Waals surface area contributed by atoms with Crippen molar-refractivity contribution in [3.63, 3.8) is 0 Å². The maximum absolute atomic E-state index is 12.7. The monoisotopic (exact) mass is 541 g/mol. The fraction of sp³-hybridized carbons (Fsp3) is 0.467. The minimum Gasteiger partial charge on any atom is -0.458 e. The lowest BCUT2D eigenvalue weighted by molar-refractivity contribution is -0.155. The smallest absolute Gasteiger partial charge is 0.338 e. The molecule has 0 amide bonds. The molecule has 212 valence electrons. The molecule has 0 fully saturated rings. The van der Waals surface area contributed by atoms with E-state index in [4.69, 9.17) is 24.7 Å². The Kier molecular flexibility index (Phi) is 10.4. The number of carbonyl (C=O) groups is 4. The molecule has 0 radical (unpaired) electrons. The highest BCUT2D eigenvalue weighted by Crippen LogP contribution is 2.33. The molecule has 2 rings (SSSR count). The topological polar surface area (TPSA) is 131 Å². The maximum Gasteiger partial charge on any atom is 0.338 e. The molecule has 9 nitrogen and oxygen atoms in total. The molecule has 0 aliphatic rings. The summed E-state index contributed by atoms with van der Waals surface area (Å²) in [6, 6.07) is 12.1. The van der Waals surface area contributed by atoms with Gasteiger partial charge in [-0.15, -0.1) is 0 Å². The normalized spacial score (nSPS) is 14.0.